The molecule has 0 saturated carbocycles. The molecule has 0 radical (unpaired) electrons. The topological polar surface area (TPSA) is 42.4 Å². The number of hydrogen-bond donors (Lipinski definition) is 0. The smallest absolute Gasteiger partial charge is 0.266 e. The lowest BCUT2D eigenvalue weighted by atomic mass is 10.2. The van der Waals surface area contributed by atoms with E-state index in [9.17, 15) is 9.18 Å². The number of nitrogens with zero attached hydrogens (tertiary/aromatic N) is 2. The Morgan fingerprint density at radius 3 is 2.58 bits per heavy atom. The van der Waals surface area contributed by atoms with Gasteiger partial charge in [0.15, 0.2) is 6.61 Å². The lowest BCUT2D eigenvalue weighted by Crippen LogP contribution is -2.35. The first-order valence-electron chi connectivity index (χ1n) is 8.27. The van der Waals surface area contributed by atoms with Crippen LogP contribution >= 0.6 is 0 Å². The van der Waals surface area contributed by atoms with Crippen LogP contribution in [0.25, 0.3) is 0 Å². The number of halogens is 1. The Labute approximate surface area is 151 Å². The number of carbonyl (C=O) groups excluding carboxylic acids is 1. The highest BCUT2D eigenvalue weighted by molar-refractivity contribution is 5.93. The molecule has 0 aliphatic carbocycles. The molecule has 1 heterocycles. The summed E-state index contributed by atoms with van der Waals surface area (Å²) in [6.45, 7) is 2.14. The fourth-order valence-corrected chi connectivity index (χ4v) is 2.51. The van der Waals surface area contributed by atoms with Gasteiger partial charge in [0, 0.05) is 6.20 Å². The molecule has 0 aliphatic heterocycles. The van der Waals surface area contributed by atoms with Crippen LogP contribution in [0.4, 0.5) is 10.2 Å². The Bertz CT molecular complexity index is 867. The van der Waals surface area contributed by atoms with Crippen LogP contribution in [-0.4, -0.2) is 17.5 Å². The number of ether oxygens (including phenoxy) is 1. The van der Waals surface area contributed by atoms with E-state index < -0.39 is 0 Å². The van der Waals surface area contributed by atoms with E-state index in [-0.39, 0.29) is 24.9 Å². The molecule has 0 N–H and O–H groups in total. The zero-order chi connectivity index (χ0) is 18.4. The van der Waals surface area contributed by atoms with E-state index in [1.54, 1.807) is 30.5 Å². The number of benzene rings is 2. The highest BCUT2D eigenvalue weighted by atomic mass is 19.1. The van der Waals surface area contributed by atoms with Gasteiger partial charge in [0.05, 0.1) is 6.54 Å². The fraction of sp³-hybridized carbons (Fsp3) is 0.143. The average molecular weight is 350 g/mol. The second-order valence-electron chi connectivity index (χ2n) is 5.90. The first-order valence-corrected chi connectivity index (χ1v) is 8.27. The van der Waals surface area contributed by atoms with Gasteiger partial charge in [0.25, 0.3) is 5.91 Å². The van der Waals surface area contributed by atoms with Crippen molar-refractivity contribution in [3.8, 4) is 5.75 Å². The van der Waals surface area contributed by atoms with Gasteiger partial charge in [-0.05, 0) is 54.4 Å². The lowest BCUT2D eigenvalue weighted by Gasteiger charge is -2.22. The highest BCUT2D eigenvalue weighted by Crippen LogP contribution is 2.17. The Morgan fingerprint density at radius 2 is 1.88 bits per heavy atom. The molecule has 2 aromatic carbocycles. The summed E-state index contributed by atoms with van der Waals surface area (Å²) in [7, 11) is 0. The molecule has 3 rings (SSSR count). The van der Waals surface area contributed by atoms with E-state index in [0.29, 0.717) is 11.6 Å². The van der Waals surface area contributed by atoms with Crippen molar-refractivity contribution in [2.24, 2.45) is 0 Å². The number of aromatic nitrogens is 1. The molecule has 0 fully saturated rings. The average Bonchev–Trinajstić information content (AvgIpc) is 2.66. The molecular weight excluding hydrogens is 331 g/mol. The number of pyridine rings is 1. The van der Waals surface area contributed by atoms with E-state index in [1.165, 1.54) is 17.0 Å². The number of hydrogen-bond acceptors (Lipinski definition) is 3. The van der Waals surface area contributed by atoms with E-state index in [0.717, 1.165) is 11.1 Å². The van der Waals surface area contributed by atoms with Gasteiger partial charge in [-0.3, -0.25) is 9.69 Å². The van der Waals surface area contributed by atoms with Gasteiger partial charge in [-0.1, -0.05) is 30.3 Å². The standard InChI is InChI=1S/C21H19FN2O2/c1-16-5-4-6-19(13-16)26-15-21(25)24(20-7-2-3-12-23-20)14-17-8-10-18(22)11-9-17/h2-13H,14-15H2,1H3. The molecule has 0 saturated heterocycles. The summed E-state index contributed by atoms with van der Waals surface area (Å²) < 4.78 is 18.8. The van der Waals surface area contributed by atoms with Crippen LogP contribution in [0.15, 0.2) is 72.9 Å². The Hall–Kier alpha value is -3.21. The summed E-state index contributed by atoms with van der Waals surface area (Å²) in [5, 5.41) is 0. The Kier molecular flexibility index (Phi) is 5.59. The summed E-state index contributed by atoms with van der Waals surface area (Å²) in [6, 6.07) is 18.9. The third-order valence-electron chi connectivity index (χ3n) is 3.83. The second kappa shape index (κ2) is 8.25. The predicted octanol–water partition coefficient (Wildman–Crippen LogP) is 4.14. The zero-order valence-electron chi connectivity index (χ0n) is 14.4. The first kappa shape index (κ1) is 17.6. The minimum atomic E-state index is -0.313. The largest absolute Gasteiger partial charge is 0.484 e. The van der Waals surface area contributed by atoms with E-state index >= 15 is 0 Å². The van der Waals surface area contributed by atoms with Crippen molar-refractivity contribution >= 4 is 11.7 Å². The predicted molar refractivity (Wildman–Crippen MR) is 98.5 cm³/mol. The van der Waals surface area contributed by atoms with Gasteiger partial charge >= 0.3 is 0 Å². The molecule has 1 amide bonds. The van der Waals surface area contributed by atoms with Crippen LogP contribution in [0.3, 0.4) is 0 Å². The molecule has 0 bridgehead atoms. The summed E-state index contributed by atoms with van der Waals surface area (Å²) >= 11 is 0. The van der Waals surface area contributed by atoms with Crippen molar-refractivity contribution in [1.29, 1.82) is 0 Å². The number of amides is 1. The molecular formula is C21H19FN2O2. The quantitative estimate of drug-likeness (QED) is 0.671. The third-order valence-corrected chi connectivity index (χ3v) is 3.83. The Balaban J connectivity index is 1.76. The summed E-state index contributed by atoms with van der Waals surface area (Å²) in [4.78, 5) is 18.5. The molecule has 0 unspecified atom stereocenters. The molecule has 3 aromatic rings. The van der Waals surface area contributed by atoms with Crippen molar-refractivity contribution in [2.45, 2.75) is 13.5 Å². The van der Waals surface area contributed by atoms with E-state index in [2.05, 4.69) is 4.98 Å². The van der Waals surface area contributed by atoms with Gasteiger partial charge in [0.1, 0.15) is 17.4 Å². The van der Waals surface area contributed by atoms with Gasteiger partial charge in [-0.15, -0.1) is 0 Å². The van der Waals surface area contributed by atoms with Crippen molar-refractivity contribution in [2.75, 3.05) is 11.5 Å². The van der Waals surface area contributed by atoms with E-state index in [1.807, 2.05) is 37.3 Å². The minimum absolute atomic E-state index is 0.110. The first-order chi connectivity index (χ1) is 12.6. The second-order valence-corrected chi connectivity index (χ2v) is 5.90. The van der Waals surface area contributed by atoms with Gasteiger partial charge in [-0.25, -0.2) is 9.37 Å². The van der Waals surface area contributed by atoms with Crippen molar-refractivity contribution in [1.82, 2.24) is 4.98 Å². The monoisotopic (exact) mass is 350 g/mol. The SMILES string of the molecule is Cc1cccc(OCC(=O)N(Cc2ccc(F)cc2)c2ccccn2)c1. The van der Waals surface area contributed by atoms with Gasteiger partial charge in [-0.2, -0.15) is 0 Å². The van der Waals surface area contributed by atoms with E-state index in [4.69, 9.17) is 4.74 Å². The fourth-order valence-electron chi connectivity index (χ4n) is 2.51. The van der Waals surface area contributed by atoms with Crippen LogP contribution in [-0.2, 0) is 11.3 Å². The van der Waals surface area contributed by atoms with Crippen molar-refractivity contribution in [3.05, 3.63) is 89.9 Å². The number of aryl methyl sites for hydroxylation is 1. The van der Waals surface area contributed by atoms with Crippen molar-refractivity contribution < 1.29 is 13.9 Å². The zero-order valence-corrected chi connectivity index (χ0v) is 14.4. The lowest BCUT2D eigenvalue weighted by molar-refractivity contribution is -0.120. The normalized spacial score (nSPS) is 10.4. The van der Waals surface area contributed by atoms with Crippen LogP contribution in [0.2, 0.25) is 0 Å². The van der Waals surface area contributed by atoms with Gasteiger partial charge < -0.3 is 4.74 Å². The molecule has 26 heavy (non-hydrogen) atoms. The third kappa shape index (κ3) is 4.66. The van der Waals surface area contributed by atoms with Crippen molar-refractivity contribution in [3.63, 3.8) is 0 Å². The molecule has 0 spiro atoms. The molecule has 4 nitrogen and oxygen atoms in total. The van der Waals surface area contributed by atoms with Crippen LogP contribution in [0, 0.1) is 12.7 Å². The number of anilines is 1. The molecule has 0 aliphatic rings. The van der Waals surface area contributed by atoms with Crippen LogP contribution in [0.1, 0.15) is 11.1 Å². The number of rotatable bonds is 6. The highest BCUT2D eigenvalue weighted by Gasteiger charge is 2.18. The Morgan fingerprint density at radius 1 is 1.08 bits per heavy atom. The van der Waals surface area contributed by atoms with Crippen LogP contribution < -0.4 is 9.64 Å². The minimum Gasteiger partial charge on any atom is -0.484 e. The molecule has 132 valence electrons. The maximum atomic E-state index is 13.1. The summed E-state index contributed by atoms with van der Waals surface area (Å²) in [6.07, 6.45) is 1.63. The molecule has 0 atom stereocenters. The summed E-state index contributed by atoms with van der Waals surface area (Å²) in [5.74, 6) is 0.623. The van der Waals surface area contributed by atoms with Gasteiger partial charge in [0.2, 0.25) is 0 Å². The molecule has 1 aromatic heterocycles. The van der Waals surface area contributed by atoms with Crippen LogP contribution in [0.5, 0.6) is 5.75 Å². The maximum Gasteiger partial charge on any atom is 0.266 e. The maximum absolute atomic E-state index is 13.1. The number of carbonyl (C=O) groups is 1. The molecule has 5 heteroatoms. The summed E-state index contributed by atoms with van der Waals surface area (Å²) in [5.41, 5.74) is 1.86.